The number of nitrogens with zero attached hydrogens (tertiary/aromatic N) is 1. The Morgan fingerprint density at radius 1 is 1.33 bits per heavy atom. The van der Waals surface area contributed by atoms with Crippen molar-refractivity contribution in [2.45, 2.75) is 49.8 Å². The lowest BCUT2D eigenvalue weighted by Crippen LogP contribution is -2.40. The van der Waals surface area contributed by atoms with Crippen molar-refractivity contribution < 1.29 is 4.79 Å². The Kier molecular flexibility index (Phi) is 4.82. The molecule has 1 amide bonds. The molecule has 2 aliphatic rings. The van der Waals surface area contributed by atoms with Crippen LogP contribution in [0.15, 0.2) is 0 Å². The number of hydrogen-bond donors (Lipinski definition) is 2. The zero-order chi connectivity index (χ0) is 17.5. The molecule has 128 valence electrons. The van der Waals surface area contributed by atoms with E-state index in [1.54, 1.807) is 18.3 Å². The third-order valence-electron chi connectivity index (χ3n) is 4.75. The molecule has 4 nitrogen and oxygen atoms in total. The molecule has 8 heteroatoms. The standard InChI is InChI=1S/C16H17Cl2N3OS2/c1-15(8-16(15,17)18)13(22)21-14(23)20-12-10(7-19)9-5-3-2-4-6-11(9)24-12/h2-6,8H2,1H3,(H2,20,21,22,23)/t15-/m1/s1. The second-order valence-corrected chi connectivity index (χ2v) is 9.50. The molecular formula is C16H17Cl2N3OS2. The van der Waals surface area contributed by atoms with Gasteiger partial charge >= 0.3 is 0 Å². The predicted molar refractivity (Wildman–Crippen MR) is 102 cm³/mol. The molecule has 1 atom stereocenters. The van der Waals surface area contributed by atoms with E-state index in [4.69, 9.17) is 35.4 Å². The van der Waals surface area contributed by atoms with E-state index < -0.39 is 9.75 Å². The molecule has 0 aromatic carbocycles. The summed E-state index contributed by atoms with van der Waals surface area (Å²) in [6.07, 6.45) is 5.76. The average Bonchev–Trinajstić information content (AvgIpc) is 2.99. The number of aryl methyl sites for hydroxylation is 1. The quantitative estimate of drug-likeness (QED) is 0.440. The number of alkyl halides is 2. The van der Waals surface area contributed by atoms with Gasteiger partial charge in [-0.05, 0) is 56.8 Å². The largest absolute Gasteiger partial charge is 0.323 e. The van der Waals surface area contributed by atoms with E-state index in [-0.39, 0.29) is 11.0 Å². The van der Waals surface area contributed by atoms with Crippen molar-refractivity contribution >= 4 is 62.8 Å². The van der Waals surface area contributed by atoms with Crippen LogP contribution in [-0.4, -0.2) is 15.4 Å². The number of carbonyl (C=O) groups excluding carboxylic acids is 1. The number of thiophene rings is 1. The van der Waals surface area contributed by atoms with Crippen LogP contribution in [-0.2, 0) is 17.6 Å². The summed E-state index contributed by atoms with van der Waals surface area (Å²) in [6, 6.07) is 2.28. The minimum atomic E-state index is -1.04. The summed E-state index contributed by atoms with van der Waals surface area (Å²) in [6.45, 7) is 1.71. The zero-order valence-electron chi connectivity index (χ0n) is 13.2. The van der Waals surface area contributed by atoms with Gasteiger partial charge in [0.2, 0.25) is 5.91 Å². The lowest BCUT2D eigenvalue weighted by molar-refractivity contribution is -0.124. The first-order valence-corrected chi connectivity index (χ1v) is 9.81. The van der Waals surface area contributed by atoms with Crippen molar-refractivity contribution in [2.75, 3.05) is 5.32 Å². The van der Waals surface area contributed by atoms with Gasteiger partial charge in [-0.3, -0.25) is 4.79 Å². The highest BCUT2D eigenvalue weighted by Crippen LogP contribution is 2.63. The smallest absolute Gasteiger partial charge is 0.235 e. The number of fused-ring (bicyclic) bond motifs is 1. The second-order valence-electron chi connectivity index (χ2n) is 6.50. The fraction of sp³-hybridized carbons (Fsp3) is 0.562. The first kappa shape index (κ1) is 17.9. The number of anilines is 1. The lowest BCUT2D eigenvalue weighted by Gasteiger charge is -2.14. The van der Waals surface area contributed by atoms with Gasteiger partial charge in [0.25, 0.3) is 0 Å². The molecule has 2 N–H and O–H groups in total. The Bertz CT molecular complexity index is 753. The second kappa shape index (κ2) is 6.45. The molecule has 0 unspecified atom stereocenters. The molecule has 1 saturated carbocycles. The molecule has 1 fully saturated rings. The maximum atomic E-state index is 12.3. The monoisotopic (exact) mass is 401 g/mol. The minimum absolute atomic E-state index is 0.171. The predicted octanol–water partition coefficient (Wildman–Crippen LogP) is 4.29. The number of nitrogens with one attached hydrogen (secondary N) is 2. The Hall–Kier alpha value is -0.870. The number of thiocarbonyl (C=S) groups is 1. The maximum absolute atomic E-state index is 12.3. The van der Waals surface area contributed by atoms with E-state index in [2.05, 4.69) is 16.7 Å². The molecule has 0 bridgehead atoms. The van der Waals surface area contributed by atoms with E-state index in [1.807, 2.05) is 0 Å². The Morgan fingerprint density at radius 2 is 2.00 bits per heavy atom. The highest BCUT2D eigenvalue weighted by Gasteiger charge is 2.68. The van der Waals surface area contributed by atoms with Crippen LogP contribution in [0.1, 0.15) is 48.6 Å². The van der Waals surface area contributed by atoms with Gasteiger partial charge in [0.15, 0.2) is 5.11 Å². The molecule has 3 rings (SSSR count). The van der Waals surface area contributed by atoms with Crippen LogP contribution in [0.25, 0.3) is 0 Å². The summed E-state index contributed by atoms with van der Waals surface area (Å²) in [5, 5.41) is 16.0. The molecule has 24 heavy (non-hydrogen) atoms. The van der Waals surface area contributed by atoms with Gasteiger partial charge in [0, 0.05) is 4.88 Å². The van der Waals surface area contributed by atoms with E-state index in [1.165, 1.54) is 11.3 Å². The van der Waals surface area contributed by atoms with Crippen LogP contribution in [0.4, 0.5) is 5.00 Å². The molecule has 1 heterocycles. The van der Waals surface area contributed by atoms with Crippen LogP contribution >= 0.6 is 46.8 Å². The number of nitriles is 1. The zero-order valence-corrected chi connectivity index (χ0v) is 16.3. The number of hydrogen-bond acceptors (Lipinski definition) is 4. The number of rotatable bonds is 2. The summed E-state index contributed by atoms with van der Waals surface area (Å²) < 4.78 is -1.04. The highest BCUT2D eigenvalue weighted by atomic mass is 35.5. The van der Waals surface area contributed by atoms with Gasteiger partial charge in [-0.15, -0.1) is 34.5 Å². The molecule has 0 aliphatic heterocycles. The van der Waals surface area contributed by atoms with Crippen LogP contribution in [0, 0.1) is 16.7 Å². The fourth-order valence-corrected chi connectivity index (χ4v) is 5.18. The molecule has 1 aromatic rings. The molecule has 1 aromatic heterocycles. The van der Waals surface area contributed by atoms with E-state index in [0.29, 0.717) is 17.0 Å². The van der Waals surface area contributed by atoms with Gasteiger partial charge in [-0.2, -0.15) is 5.26 Å². The molecule has 2 aliphatic carbocycles. The number of amides is 1. The summed E-state index contributed by atoms with van der Waals surface area (Å²) in [5.41, 5.74) is 0.952. The van der Waals surface area contributed by atoms with E-state index >= 15 is 0 Å². The van der Waals surface area contributed by atoms with Gasteiger partial charge in [0.05, 0.1) is 11.0 Å². The summed E-state index contributed by atoms with van der Waals surface area (Å²) in [5.74, 6) is -0.304. The third-order valence-corrected chi connectivity index (χ3v) is 7.26. The Morgan fingerprint density at radius 3 is 2.62 bits per heavy atom. The van der Waals surface area contributed by atoms with Gasteiger partial charge in [0.1, 0.15) is 15.4 Å². The molecule has 0 radical (unpaired) electrons. The normalized spacial score (nSPS) is 24.2. The summed E-state index contributed by atoms with van der Waals surface area (Å²) in [4.78, 5) is 13.5. The average molecular weight is 402 g/mol. The Labute approximate surface area is 160 Å². The van der Waals surface area contributed by atoms with Crippen molar-refractivity contribution in [3.8, 4) is 6.07 Å². The molecule has 0 spiro atoms. The van der Waals surface area contributed by atoms with Crippen molar-refractivity contribution in [1.29, 1.82) is 5.26 Å². The van der Waals surface area contributed by atoms with E-state index in [9.17, 15) is 10.1 Å². The van der Waals surface area contributed by atoms with Gasteiger partial charge in [-0.25, -0.2) is 0 Å². The number of carbonyl (C=O) groups is 1. The molecule has 0 saturated heterocycles. The van der Waals surface area contributed by atoms with Crippen molar-refractivity contribution in [3.63, 3.8) is 0 Å². The van der Waals surface area contributed by atoms with Crippen LogP contribution in [0.2, 0.25) is 0 Å². The van der Waals surface area contributed by atoms with Crippen LogP contribution < -0.4 is 10.6 Å². The van der Waals surface area contributed by atoms with E-state index in [0.717, 1.165) is 31.2 Å². The lowest BCUT2D eigenvalue weighted by atomic mass is 10.1. The van der Waals surface area contributed by atoms with Crippen molar-refractivity contribution in [2.24, 2.45) is 5.41 Å². The Balaban J connectivity index is 1.71. The van der Waals surface area contributed by atoms with Gasteiger partial charge in [-0.1, -0.05) is 6.42 Å². The number of halogens is 2. The third kappa shape index (κ3) is 3.15. The SMILES string of the molecule is C[C@]1(C(=O)NC(=S)Nc2sc3c(c2C#N)CCCCC3)CC1(Cl)Cl. The first-order chi connectivity index (χ1) is 11.3. The first-order valence-electron chi connectivity index (χ1n) is 7.83. The fourth-order valence-electron chi connectivity index (χ4n) is 2.97. The minimum Gasteiger partial charge on any atom is -0.323 e. The van der Waals surface area contributed by atoms with Crippen molar-refractivity contribution in [3.05, 3.63) is 16.0 Å². The van der Waals surface area contributed by atoms with Crippen LogP contribution in [0.3, 0.4) is 0 Å². The van der Waals surface area contributed by atoms with Crippen LogP contribution in [0.5, 0.6) is 0 Å². The molecular weight excluding hydrogens is 385 g/mol. The maximum Gasteiger partial charge on any atom is 0.235 e. The topological polar surface area (TPSA) is 64.9 Å². The highest BCUT2D eigenvalue weighted by molar-refractivity contribution is 7.80. The summed E-state index contributed by atoms with van der Waals surface area (Å²) in [7, 11) is 0. The van der Waals surface area contributed by atoms with Crippen molar-refractivity contribution in [1.82, 2.24) is 5.32 Å². The van der Waals surface area contributed by atoms with Gasteiger partial charge < -0.3 is 10.6 Å². The summed E-state index contributed by atoms with van der Waals surface area (Å²) >= 11 is 18.8.